The van der Waals surface area contributed by atoms with E-state index in [2.05, 4.69) is 58.4 Å². The Bertz CT molecular complexity index is 1380. The maximum Gasteiger partial charge on any atom is 0.229 e. The van der Waals surface area contributed by atoms with Gasteiger partial charge in [-0.05, 0) is 60.6 Å². The van der Waals surface area contributed by atoms with Crippen molar-refractivity contribution in [3.8, 4) is 0 Å². The largest absolute Gasteiger partial charge is 0.378 e. The number of hydrogen-bond donors (Lipinski definition) is 1. The van der Waals surface area contributed by atoms with Gasteiger partial charge in [-0.2, -0.15) is 9.97 Å². The molecule has 0 spiro atoms. The molecule has 1 N–H and O–H groups in total. The maximum atomic E-state index is 6.44. The van der Waals surface area contributed by atoms with E-state index < -0.39 is 0 Å². The first-order valence-electron chi connectivity index (χ1n) is 11.6. The number of aromatic nitrogens is 6. The highest BCUT2D eigenvalue weighted by atomic mass is 127. The Labute approximate surface area is 221 Å². The van der Waals surface area contributed by atoms with E-state index in [1.54, 1.807) is 0 Å². The van der Waals surface area contributed by atoms with Gasteiger partial charge in [-0.15, -0.1) is 0 Å². The van der Waals surface area contributed by atoms with Crippen LogP contribution in [0.25, 0.3) is 10.9 Å². The first kappa shape index (κ1) is 22.9. The first-order valence-corrected chi connectivity index (χ1v) is 13.0. The normalized spacial score (nSPS) is 18.2. The number of fused-ring (bicyclic) bond motifs is 3. The lowest BCUT2D eigenvalue weighted by Crippen LogP contribution is -2.39. The monoisotopic (exact) mass is 602 g/mol. The van der Waals surface area contributed by atoms with Crippen LogP contribution in [0.3, 0.4) is 0 Å². The van der Waals surface area contributed by atoms with E-state index in [1.165, 1.54) is 5.56 Å². The molecular formula is C24H24ClIN8O. The van der Waals surface area contributed by atoms with Crippen LogP contribution < -0.4 is 9.80 Å². The molecule has 5 heterocycles. The summed E-state index contributed by atoms with van der Waals surface area (Å²) in [6.45, 7) is 7.53. The van der Waals surface area contributed by atoms with Gasteiger partial charge in [-0.25, -0.2) is 15.0 Å². The number of benzene rings is 1. The van der Waals surface area contributed by atoms with Crippen LogP contribution >= 0.6 is 34.2 Å². The minimum atomic E-state index is -0.166. The number of hydrogen-bond acceptors (Lipinski definition) is 8. The Morgan fingerprint density at radius 2 is 1.71 bits per heavy atom. The van der Waals surface area contributed by atoms with Crippen LogP contribution in [0, 0.1) is 17.4 Å². The highest BCUT2D eigenvalue weighted by Gasteiger charge is 2.34. The SMILES string of the molecule is Cc1nc(C)nc(N2CCc3c([nH]c4c(I)cc(Cl)cc34)C2c2cnc(N3CCOCC3)nc2)n1. The molecule has 1 fully saturated rings. The molecule has 1 atom stereocenters. The minimum Gasteiger partial charge on any atom is -0.378 e. The summed E-state index contributed by atoms with van der Waals surface area (Å²) in [6, 6.07) is 3.87. The summed E-state index contributed by atoms with van der Waals surface area (Å²) in [6.07, 6.45) is 4.70. The molecule has 180 valence electrons. The highest BCUT2D eigenvalue weighted by molar-refractivity contribution is 14.1. The Morgan fingerprint density at radius 3 is 2.43 bits per heavy atom. The summed E-state index contributed by atoms with van der Waals surface area (Å²) in [5.41, 5.74) is 4.44. The van der Waals surface area contributed by atoms with Gasteiger partial charge >= 0.3 is 0 Å². The molecule has 0 saturated carbocycles. The van der Waals surface area contributed by atoms with Gasteiger partial charge in [0.15, 0.2) is 0 Å². The van der Waals surface area contributed by atoms with Crippen LogP contribution in [-0.4, -0.2) is 62.8 Å². The Hall–Kier alpha value is -2.57. The first-order chi connectivity index (χ1) is 17.0. The number of nitrogens with zero attached hydrogens (tertiary/aromatic N) is 7. The number of anilines is 2. The van der Waals surface area contributed by atoms with Crippen LogP contribution in [-0.2, 0) is 11.2 Å². The van der Waals surface area contributed by atoms with Crippen molar-refractivity contribution in [3.05, 3.63) is 61.6 Å². The lowest BCUT2D eigenvalue weighted by Gasteiger charge is -2.36. The quantitative estimate of drug-likeness (QED) is 0.352. The third-order valence-electron chi connectivity index (χ3n) is 6.52. The summed E-state index contributed by atoms with van der Waals surface area (Å²) >= 11 is 8.78. The fraction of sp³-hybridized carbons (Fsp3) is 0.375. The van der Waals surface area contributed by atoms with Crippen molar-refractivity contribution in [2.24, 2.45) is 0 Å². The molecule has 4 aromatic rings. The zero-order chi connectivity index (χ0) is 24.1. The Morgan fingerprint density at radius 1 is 1.00 bits per heavy atom. The second kappa shape index (κ2) is 9.14. The third-order valence-corrected chi connectivity index (χ3v) is 7.59. The summed E-state index contributed by atoms with van der Waals surface area (Å²) < 4.78 is 6.56. The zero-order valence-electron chi connectivity index (χ0n) is 19.4. The van der Waals surface area contributed by atoms with Gasteiger partial charge < -0.3 is 19.5 Å². The lowest BCUT2D eigenvalue weighted by atomic mass is 9.94. The molecule has 0 amide bonds. The zero-order valence-corrected chi connectivity index (χ0v) is 22.3. The van der Waals surface area contributed by atoms with Gasteiger partial charge in [-0.3, -0.25) is 0 Å². The van der Waals surface area contributed by atoms with Crippen molar-refractivity contribution in [3.63, 3.8) is 0 Å². The van der Waals surface area contributed by atoms with Crippen LogP contribution in [0.1, 0.15) is 34.5 Å². The number of aromatic amines is 1. The summed E-state index contributed by atoms with van der Waals surface area (Å²) in [5.74, 6) is 2.79. The third kappa shape index (κ3) is 4.21. The molecule has 2 aliphatic rings. The maximum absolute atomic E-state index is 6.44. The minimum absolute atomic E-state index is 0.166. The van der Waals surface area contributed by atoms with Crippen molar-refractivity contribution in [1.82, 2.24) is 29.9 Å². The fourth-order valence-electron chi connectivity index (χ4n) is 5.00. The van der Waals surface area contributed by atoms with E-state index in [1.807, 2.05) is 32.3 Å². The number of morpholine rings is 1. The summed E-state index contributed by atoms with van der Waals surface area (Å²) in [7, 11) is 0. The topological polar surface area (TPSA) is 96.0 Å². The Balaban J connectivity index is 1.48. The van der Waals surface area contributed by atoms with Crippen molar-refractivity contribution in [2.45, 2.75) is 26.3 Å². The van der Waals surface area contributed by atoms with Gasteiger partial charge in [0.1, 0.15) is 17.7 Å². The van der Waals surface area contributed by atoms with E-state index >= 15 is 0 Å². The van der Waals surface area contributed by atoms with Crippen LogP contribution in [0.4, 0.5) is 11.9 Å². The number of ether oxygens (including phenoxy) is 1. The van der Waals surface area contributed by atoms with Crippen LogP contribution in [0.5, 0.6) is 0 Å². The molecule has 1 unspecified atom stereocenters. The second-order valence-electron chi connectivity index (χ2n) is 8.82. The summed E-state index contributed by atoms with van der Waals surface area (Å²) in [4.78, 5) is 31.3. The van der Waals surface area contributed by atoms with Gasteiger partial charge in [0.25, 0.3) is 0 Å². The molecule has 2 aliphatic heterocycles. The molecule has 6 rings (SSSR count). The molecule has 9 nitrogen and oxygen atoms in total. The van der Waals surface area contributed by atoms with Crippen molar-refractivity contribution in [2.75, 3.05) is 42.6 Å². The fourth-order valence-corrected chi connectivity index (χ4v) is 6.17. The highest BCUT2D eigenvalue weighted by Crippen LogP contribution is 2.41. The molecule has 0 radical (unpaired) electrons. The van der Waals surface area contributed by atoms with E-state index in [9.17, 15) is 0 Å². The average molecular weight is 603 g/mol. The molecule has 0 bridgehead atoms. The van der Waals surface area contributed by atoms with E-state index in [-0.39, 0.29) is 6.04 Å². The predicted octanol–water partition coefficient (Wildman–Crippen LogP) is 4.01. The smallest absolute Gasteiger partial charge is 0.229 e. The van der Waals surface area contributed by atoms with Crippen molar-refractivity contribution < 1.29 is 4.74 Å². The van der Waals surface area contributed by atoms with Crippen molar-refractivity contribution >= 4 is 57.0 Å². The molecule has 3 aromatic heterocycles. The van der Waals surface area contributed by atoms with Gasteiger partial charge in [-0.1, -0.05) is 11.6 Å². The van der Waals surface area contributed by atoms with E-state index in [0.29, 0.717) is 30.8 Å². The van der Waals surface area contributed by atoms with Crippen LogP contribution in [0.15, 0.2) is 24.5 Å². The number of halogens is 2. The van der Waals surface area contributed by atoms with E-state index in [0.717, 1.165) is 62.8 Å². The number of aryl methyl sites for hydroxylation is 2. The van der Waals surface area contributed by atoms with E-state index in [4.69, 9.17) is 26.3 Å². The summed E-state index contributed by atoms with van der Waals surface area (Å²) in [5, 5.41) is 1.90. The molecule has 1 aromatic carbocycles. The van der Waals surface area contributed by atoms with Crippen LogP contribution in [0.2, 0.25) is 5.02 Å². The van der Waals surface area contributed by atoms with Crippen molar-refractivity contribution in [1.29, 1.82) is 0 Å². The van der Waals surface area contributed by atoms with Gasteiger partial charge in [0, 0.05) is 57.3 Å². The number of nitrogens with one attached hydrogen (secondary N) is 1. The lowest BCUT2D eigenvalue weighted by molar-refractivity contribution is 0.122. The average Bonchev–Trinajstić information content (AvgIpc) is 3.22. The second-order valence-corrected chi connectivity index (χ2v) is 10.4. The van der Waals surface area contributed by atoms with Gasteiger partial charge in [0.05, 0.1) is 18.7 Å². The number of rotatable bonds is 3. The Kier molecular flexibility index (Phi) is 5.97. The molecule has 11 heteroatoms. The number of H-pyrrole nitrogens is 1. The molecular weight excluding hydrogens is 579 g/mol. The molecule has 1 saturated heterocycles. The standard InChI is InChI=1S/C24H24ClIN8O/c1-13-29-14(2)31-24(30-13)34-4-3-17-18-9-16(25)10-19(26)20(18)32-21(17)22(34)15-11-27-23(28-12-15)33-5-7-35-8-6-33/h9-12,22,32H,3-8H2,1-2H3. The molecule has 35 heavy (non-hydrogen) atoms. The predicted molar refractivity (Wildman–Crippen MR) is 143 cm³/mol. The molecule has 0 aliphatic carbocycles. The van der Waals surface area contributed by atoms with Gasteiger partial charge in [0.2, 0.25) is 11.9 Å².